The molecular formula is C14H15IrN2. The van der Waals surface area contributed by atoms with Crippen molar-refractivity contribution in [2.45, 2.75) is 26.2 Å². The summed E-state index contributed by atoms with van der Waals surface area (Å²) in [6.45, 7) is 6.51. The molecule has 0 aliphatic rings. The monoisotopic (exact) mass is 404 g/mol. The van der Waals surface area contributed by atoms with Crippen LogP contribution >= 0.6 is 0 Å². The van der Waals surface area contributed by atoms with Crippen LogP contribution in [0.5, 0.6) is 0 Å². The first-order valence-corrected chi connectivity index (χ1v) is 6.75. The molecule has 0 atom stereocenters. The Kier molecular flexibility index (Phi) is 3.41. The number of hydrogen-bond donors (Lipinski definition) is 0. The quantitative estimate of drug-likeness (QED) is 0.732. The van der Waals surface area contributed by atoms with E-state index >= 15 is 0 Å². The van der Waals surface area contributed by atoms with E-state index in [4.69, 9.17) is 0 Å². The number of benzene rings is 1. The van der Waals surface area contributed by atoms with Gasteiger partial charge in [0.05, 0.1) is 0 Å². The van der Waals surface area contributed by atoms with E-state index in [0.717, 1.165) is 21.3 Å². The van der Waals surface area contributed by atoms with E-state index in [9.17, 15) is 0 Å². The molecule has 0 unspecified atom stereocenters. The van der Waals surface area contributed by atoms with Crippen molar-refractivity contribution in [2.75, 3.05) is 0 Å². The molecule has 1 aromatic heterocycles. The summed E-state index contributed by atoms with van der Waals surface area (Å²) >= 11 is 1.95. The van der Waals surface area contributed by atoms with Gasteiger partial charge in [-0.2, -0.15) is 0 Å². The van der Waals surface area contributed by atoms with Gasteiger partial charge in [0.25, 0.3) is 0 Å². The van der Waals surface area contributed by atoms with Gasteiger partial charge < -0.3 is 0 Å². The molecule has 0 saturated heterocycles. The van der Waals surface area contributed by atoms with E-state index in [1.54, 1.807) is 0 Å². The first kappa shape index (κ1) is 12.4. The molecule has 1 aromatic carbocycles. The Morgan fingerprint density at radius 3 is 2.24 bits per heavy atom. The second-order valence-corrected chi connectivity index (χ2v) is 6.07. The summed E-state index contributed by atoms with van der Waals surface area (Å²) in [6.07, 6.45) is 0. The molecular weight excluding hydrogens is 388 g/mol. The van der Waals surface area contributed by atoms with Crippen LogP contribution in [-0.2, 0) is 24.3 Å². The first-order valence-electron chi connectivity index (χ1n) is 5.55. The minimum absolute atomic E-state index is 0.0528. The maximum atomic E-state index is 4.52. The zero-order chi connectivity index (χ0) is 12.5. The fourth-order valence-corrected chi connectivity index (χ4v) is 2.13. The van der Waals surface area contributed by atoms with Crippen LogP contribution < -0.4 is 4.34 Å². The predicted octanol–water partition coefficient (Wildman–Crippen LogP) is 2.61. The summed E-state index contributed by atoms with van der Waals surface area (Å²) in [7, 11) is 0. The molecule has 0 fully saturated rings. The molecule has 2 nitrogen and oxygen atoms in total. The fraction of sp³-hybridized carbons (Fsp3) is 0.286. The van der Waals surface area contributed by atoms with Crippen LogP contribution in [0.1, 0.15) is 26.5 Å². The van der Waals surface area contributed by atoms with Crippen LogP contribution in [0.4, 0.5) is 0 Å². The Labute approximate surface area is 113 Å². The summed E-state index contributed by atoms with van der Waals surface area (Å²) in [5, 5.41) is 0. The van der Waals surface area contributed by atoms with Gasteiger partial charge in [0.2, 0.25) is 0 Å². The third-order valence-electron chi connectivity index (χ3n) is 2.53. The molecule has 17 heavy (non-hydrogen) atoms. The zero-order valence-electron chi connectivity index (χ0n) is 10.2. The molecule has 90 valence electrons. The van der Waals surface area contributed by atoms with Crippen molar-refractivity contribution < 1.29 is 18.9 Å². The molecule has 1 heterocycles. The molecule has 0 bridgehead atoms. The SMILES string of the molecule is CC(C)(C)c1cc(-c2ccccc2)n[c]([Ir])n1. The van der Waals surface area contributed by atoms with Gasteiger partial charge in [-0.25, -0.2) is 0 Å². The number of aromatic nitrogens is 2. The summed E-state index contributed by atoms with van der Waals surface area (Å²) in [4.78, 5) is 9.03. The summed E-state index contributed by atoms with van der Waals surface area (Å²) in [5.41, 5.74) is 3.28. The van der Waals surface area contributed by atoms with E-state index in [0.29, 0.717) is 0 Å². The van der Waals surface area contributed by atoms with E-state index in [-0.39, 0.29) is 5.41 Å². The van der Waals surface area contributed by atoms with Gasteiger partial charge in [0, 0.05) is 0 Å². The van der Waals surface area contributed by atoms with Gasteiger partial charge in [0.1, 0.15) is 0 Å². The molecule has 2 aromatic rings. The van der Waals surface area contributed by atoms with Gasteiger partial charge in [-0.3, -0.25) is 0 Å². The third kappa shape index (κ3) is 2.99. The molecule has 0 aliphatic carbocycles. The molecule has 0 spiro atoms. The first-order chi connectivity index (χ1) is 7.97. The molecule has 0 N–H and O–H groups in total. The average molecular weight is 404 g/mol. The van der Waals surface area contributed by atoms with Crippen molar-refractivity contribution in [2.24, 2.45) is 0 Å². The Morgan fingerprint density at radius 2 is 1.65 bits per heavy atom. The Bertz CT molecular complexity index is 515. The summed E-state index contributed by atoms with van der Waals surface area (Å²) in [6, 6.07) is 12.3. The standard InChI is InChI=1S/C14H15N2.Ir/c1-14(2,3)13-9-12(15-10-16-13)11-7-5-4-6-8-11;/h4-9H,1-3H3;. The second kappa shape index (κ2) is 4.67. The molecule has 3 heteroatoms. The van der Waals surface area contributed by atoms with Crippen molar-refractivity contribution in [3.8, 4) is 11.3 Å². The van der Waals surface area contributed by atoms with Crippen LogP contribution in [0.15, 0.2) is 36.4 Å². The van der Waals surface area contributed by atoms with Gasteiger partial charge in [-0.15, -0.1) is 0 Å². The van der Waals surface area contributed by atoms with E-state index < -0.39 is 0 Å². The van der Waals surface area contributed by atoms with E-state index in [1.807, 2.05) is 37.1 Å². The minimum atomic E-state index is 0.0528. The average Bonchev–Trinajstić information content (AvgIpc) is 2.28. The summed E-state index contributed by atoms with van der Waals surface area (Å²) in [5.74, 6) is 0. The fourth-order valence-electron chi connectivity index (χ4n) is 1.55. The molecule has 2 rings (SSSR count). The predicted molar refractivity (Wildman–Crippen MR) is 65.8 cm³/mol. The van der Waals surface area contributed by atoms with Gasteiger partial charge in [-0.1, -0.05) is 0 Å². The Morgan fingerprint density at radius 1 is 1.00 bits per heavy atom. The van der Waals surface area contributed by atoms with Crippen LogP contribution in [0.2, 0.25) is 0 Å². The van der Waals surface area contributed by atoms with Crippen molar-refractivity contribution in [1.82, 2.24) is 9.97 Å². The van der Waals surface area contributed by atoms with Crippen molar-refractivity contribution >= 4 is 4.34 Å². The zero-order valence-corrected chi connectivity index (χ0v) is 12.6. The van der Waals surface area contributed by atoms with Gasteiger partial charge >= 0.3 is 113 Å². The van der Waals surface area contributed by atoms with Crippen molar-refractivity contribution in [3.05, 3.63) is 42.1 Å². The normalized spacial score (nSPS) is 11.6. The van der Waals surface area contributed by atoms with Crippen LogP contribution in [0.3, 0.4) is 0 Å². The molecule has 0 amide bonds. The molecule has 0 radical (unpaired) electrons. The molecule has 0 saturated carbocycles. The Hall–Kier alpha value is -1.05. The Balaban J connectivity index is 2.54. The van der Waals surface area contributed by atoms with E-state index in [2.05, 4.69) is 48.9 Å². The number of nitrogens with zero attached hydrogens (tertiary/aromatic N) is 2. The van der Waals surface area contributed by atoms with Crippen molar-refractivity contribution in [1.29, 1.82) is 0 Å². The molecule has 0 aliphatic heterocycles. The maximum absolute atomic E-state index is 4.52. The topological polar surface area (TPSA) is 25.8 Å². The van der Waals surface area contributed by atoms with Gasteiger partial charge in [0.15, 0.2) is 0 Å². The summed E-state index contributed by atoms with van der Waals surface area (Å²) < 4.78 is 0.830. The van der Waals surface area contributed by atoms with Crippen LogP contribution in [0.25, 0.3) is 11.3 Å². The van der Waals surface area contributed by atoms with Crippen LogP contribution in [0, 0.1) is 0 Å². The number of rotatable bonds is 1. The third-order valence-corrected chi connectivity index (χ3v) is 3.06. The van der Waals surface area contributed by atoms with E-state index in [1.165, 1.54) is 0 Å². The number of hydrogen-bond acceptors (Lipinski definition) is 2. The van der Waals surface area contributed by atoms with Crippen LogP contribution in [-0.4, -0.2) is 9.97 Å². The van der Waals surface area contributed by atoms with Gasteiger partial charge in [-0.05, 0) is 0 Å². The van der Waals surface area contributed by atoms with Crippen molar-refractivity contribution in [3.63, 3.8) is 0 Å². The second-order valence-electron chi connectivity index (χ2n) is 5.00.